The Labute approximate surface area is 99.2 Å². The first-order valence-electron chi connectivity index (χ1n) is 5.74. The van der Waals surface area contributed by atoms with E-state index in [9.17, 15) is 0 Å². The van der Waals surface area contributed by atoms with Crippen LogP contribution in [-0.2, 0) is 4.74 Å². The molecule has 1 aliphatic rings. The SMILES string of the molecule is Cc1ccn2nc(NN3CCOCC3)nc2c1. The topological polar surface area (TPSA) is 54.7 Å². The molecule has 6 nitrogen and oxygen atoms in total. The molecule has 0 saturated carbocycles. The van der Waals surface area contributed by atoms with Crippen molar-refractivity contribution in [2.45, 2.75) is 6.92 Å². The summed E-state index contributed by atoms with van der Waals surface area (Å²) in [5.41, 5.74) is 5.25. The molecule has 0 amide bonds. The molecular weight excluding hydrogens is 218 g/mol. The van der Waals surface area contributed by atoms with Gasteiger partial charge in [-0.25, -0.2) is 9.52 Å². The Morgan fingerprint density at radius 1 is 1.35 bits per heavy atom. The zero-order valence-electron chi connectivity index (χ0n) is 9.76. The van der Waals surface area contributed by atoms with Gasteiger partial charge in [-0.05, 0) is 24.6 Å². The number of hydrogen-bond acceptors (Lipinski definition) is 5. The normalized spacial score (nSPS) is 17.5. The van der Waals surface area contributed by atoms with Gasteiger partial charge >= 0.3 is 0 Å². The fourth-order valence-electron chi connectivity index (χ4n) is 1.85. The number of aromatic nitrogens is 3. The summed E-state index contributed by atoms with van der Waals surface area (Å²) in [7, 11) is 0. The van der Waals surface area contributed by atoms with Crippen LogP contribution in [0.4, 0.5) is 5.95 Å². The number of aryl methyl sites for hydroxylation is 1. The number of fused-ring (bicyclic) bond motifs is 1. The van der Waals surface area contributed by atoms with Crippen LogP contribution in [0, 0.1) is 6.92 Å². The standard InChI is InChI=1S/C11H15N5O/c1-9-2-3-16-10(8-9)12-11(14-16)13-15-4-6-17-7-5-15/h2-3,8H,4-7H2,1H3,(H,13,14). The van der Waals surface area contributed by atoms with Crippen molar-refractivity contribution in [3.8, 4) is 0 Å². The summed E-state index contributed by atoms with van der Waals surface area (Å²) in [5.74, 6) is 0.637. The third-order valence-corrected chi connectivity index (χ3v) is 2.76. The molecule has 3 heterocycles. The van der Waals surface area contributed by atoms with E-state index in [0.29, 0.717) is 5.95 Å². The second-order valence-electron chi connectivity index (χ2n) is 4.15. The number of rotatable bonds is 2. The van der Waals surface area contributed by atoms with Crippen LogP contribution in [0.2, 0.25) is 0 Å². The maximum Gasteiger partial charge on any atom is 0.257 e. The lowest BCUT2D eigenvalue weighted by molar-refractivity contribution is 0.0493. The molecule has 3 rings (SSSR count). The van der Waals surface area contributed by atoms with Crippen molar-refractivity contribution in [2.24, 2.45) is 0 Å². The first-order chi connectivity index (χ1) is 8.31. The molecule has 90 valence electrons. The Morgan fingerprint density at radius 2 is 2.18 bits per heavy atom. The van der Waals surface area contributed by atoms with Crippen molar-refractivity contribution >= 4 is 11.6 Å². The summed E-state index contributed by atoms with van der Waals surface area (Å²) in [6, 6.07) is 4.03. The van der Waals surface area contributed by atoms with Gasteiger partial charge in [-0.2, -0.15) is 4.98 Å². The van der Waals surface area contributed by atoms with Crippen LogP contribution in [0.25, 0.3) is 5.65 Å². The zero-order chi connectivity index (χ0) is 11.7. The van der Waals surface area contributed by atoms with Gasteiger partial charge in [-0.3, -0.25) is 5.43 Å². The highest BCUT2D eigenvalue weighted by atomic mass is 16.5. The van der Waals surface area contributed by atoms with Gasteiger partial charge in [0.05, 0.1) is 13.2 Å². The Bertz CT molecular complexity index is 518. The minimum Gasteiger partial charge on any atom is -0.379 e. The predicted octanol–water partition coefficient (Wildman–Crippen LogP) is 0.697. The maximum absolute atomic E-state index is 5.28. The average molecular weight is 233 g/mol. The lowest BCUT2D eigenvalue weighted by Crippen LogP contribution is -2.40. The Morgan fingerprint density at radius 3 is 3.00 bits per heavy atom. The summed E-state index contributed by atoms with van der Waals surface area (Å²) in [4.78, 5) is 4.43. The van der Waals surface area contributed by atoms with Gasteiger partial charge in [0, 0.05) is 19.3 Å². The highest BCUT2D eigenvalue weighted by molar-refractivity contribution is 5.44. The number of anilines is 1. The highest BCUT2D eigenvalue weighted by Gasteiger charge is 2.12. The van der Waals surface area contributed by atoms with Gasteiger partial charge in [-0.1, -0.05) is 0 Å². The Hall–Kier alpha value is -1.66. The molecule has 0 unspecified atom stereocenters. The van der Waals surface area contributed by atoms with E-state index in [0.717, 1.165) is 32.0 Å². The van der Waals surface area contributed by atoms with Crippen molar-refractivity contribution in [1.29, 1.82) is 0 Å². The number of hydrazine groups is 1. The monoisotopic (exact) mass is 233 g/mol. The van der Waals surface area contributed by atoms with Crippen LogP contribution in [0.1, 0.15) is 5.56 Å². The summed E-state index contributed by atoms with van der Waals surface area (Å²) in [6.45, 7) is 5.26. The van der Waals surface area contributed by atoms with E-state index in [1.165, 1.54) is 5.56 Å². The molecule has 2 aromatic heterocycles. The number of ether oxygens (including phenoxy) is 1. The van der Waals surface area contributed by atoms with Crippen LogP contribution in [0.15, 0.2) is 18.3 Å². The number of hydrogen-bond donors (Lipinski definition) is 1. The van der Waals surface area contributed by atoms with E-state index in [1.807, 2.05) is 25.3 Å². The van der Waals surface area contributed by atoms with E-state index >= 15 is 0 Å². The lowest BCUT2D eigenvalue weighted by atomic mass is 10.3. The summed E-state index contributed by atoms with van der Waals surface area (Å²) in [5, 5.41) is 6.43. The average Bonchev–Trinajstić information content (AvgIpc) is 2.71. The molecule has 0 bridgehead atoms. The van der Waals surface area contributed by atoms with E-state index in [1.54, 1.807) is 4.52 Å². The molecule has 1 N–H and O–H groups in total. The molecule has 0 spiro atoms. The molecule has 0 radical (unpaired) electrons. The fourth-order valence-corrected chi connectivity index (χ4v) is 1.85. The number of pyridine rings is 1. The Kier molecular flexibility index (Phi) is 2.66. The molecule has 1 aliphatic heterocycles. The van der Waals surface area contributed by atoms with E-state index in [2.05, 4.69) is 20.5 Å². The minimum atomic E-state index is 0.637. The second kappa shape index (κ2) is 4.31. The van der Waals surface area contributed by atoms with Crippen LogP contribution in [0.5, 0.6) is 0 Å². The van der Waals surface area contributed by atoms with Crippen molar-refractivity contribution in [2.75, 3.05) is 31.7 Å². The zero-order valence-corrected chi connectivity index (χ0v) is 9.76. The number of nitrogens with one attached hydrogen (secondary N) is 1. The second-order valence-corrected chi connectivity index (χ2v) is 4.15. The summed E-state index contributed by atoms with van der Waals surface area (Å²) >= 11 is 0. The van der Waals surface area contributed by atoms with E-state index in [4.69, 9.17) is 4.74 Å². The van der Waals surface area contributed by atoms with Crippen molar-refractivity contribution in [3.63, 3.8) is 0 Å². The first-order valence-corrected chi connectivity index (χ1v) is 5.74. The molecule has 0 atom stereocenters. The summed E-state index contributed by atoms with van der Waals surface area (Å²) in [6.07, 6.45) is 1.92. The molecule has 2 aromatic rings. The highest BCUT2D eigenvalue weighted by Crippen LogP contribution is 2.08. The van der Waals surface area contributed by atoms with Gasteiger partial charge in [0.2, 0.25) is 0 Å². The molecule has 17 heavy (non-hydrogen) atoms. The van der Waals surface area contributed by atoms with Crippen LogP contribution in [0.3, 0.4) is 0 Å². The minimum absolute atomic E-state index is 0.637. The van der Waals surface area contributed by atoms with Gasteiger partial charge in [0.25, 0.3) is 5.95 Å². The molecule has 0 aromatic carbocycles. The third-order valence-electron chi connectivity index (χ3n) is 2.76. The van der Waals surface area contributed by atoms with Crippen LogP contribution in [-0.4, -0.2) is 45.9 Å². The van der Waals surface area contributed by atoms with E-state index in [-0.39, 0.29) is 0 Å². The molecular formula is C11H15N5O. The first kappa shape index (κ1) is 10.5. The maximum atomic E-state index is 5.28. The van der Waals surface area contributed by atoms with Gasteiger partial charge in [0.1, 0.15) is 0 Å². The number of nitrogens with zero attached hydrogens (tertiary/aromatic N) is 4. The number of morpholine rings is 1. The van der Waals surface area contributed by atoms with Gasteiger partial charge in [-0.15, -0.1) is 5.10 Å². The molecule has 1 fully saturated rings. The van der Waals surface area contributed by atoms with Crippen LogP contribution < -0.4 is 5.43 Å². The Balaban J connectivity index is 1.80. The van der Waals surface area contributed by atoms with Crippen molar-refractivity contribution in [1.82, 2.24) is 19.6 Å². The quantitative estimate of drug-likeness (QED) is 0.827. The third kappa shape index (κ3) is 2.22. The summed E-state index contributed by atoms with van der Waals surface area (Å²) < 4.78 is 7.06. The largest absolute Gasteiger partial charge is 0.379 e. The van der Waals surface area contributed by atoms with Gasteiger partial charge in [0.15, 0.2) is 5.65 Å². The van der Waals surface area contributed by atoms with Crippen molar-refractivity contribution in [3.05, 3.63) is 23.9 Å². The fraction of sp³-hybridized carbons (Fsp3) is 0.455. The van der Waals surface area contributed by atoms with Gasteiger partial charge < -0.3 is 4.74 Å². The van der Waals surface area contributed by atoms with Crippen LogP contribution >= 0.6 is 0 Å². The molecule has 0 aliphatic carbocycles. The van der Waals surface area contributed by atoms with E-state index < -0.39 is 0 Å². The predicted molar refractivity (Wildman–Crippen MR) is 63.7 cm³/mol. The smallest absolute Gasteiger partial charge is 0.257 e. The van der Waals surface area contributed by atoms with Crippen molar-refractivity contribution < 1.29 is 4.74 Å². The lowest BCUT2D eigenvalue weighted by Gasteiger charge is -2.26. The molecule has 1 saturated heterocycles. The molecule has 6 heteroatoms.